The SMILES string of the molecule is CC1(F)C(C(F)F)=C1C(F)(F)F. The maximum atomic E-state index is 12.6. The van der Waals surface area contributed by atoms with Crippen molar-refractivity contribution in [1.82, 2.24) is 0 Å². The lowest BCUT2D eigenvalue weighted by atomic mass is 10.2. The van der Waals surface area contributed by atoms with Crippen molar-refractivity contribution in [3.05, 3.63) is 11.1 Å². The van der Waals surface area contributed by atoms with Crippen molar-refractivity contribution in [1.29, 1.82) is 0 Å². The van der Waals surface area contributed by atoms with Crippen LogP contribution in [0.4, 0.5) is 26.3 Å². The first kappa shape index (κ1) is 9.41. The predicted molar refractivity (Wildman–Crippen MR) is 28.6 cm³/mol. The highest BCUT2D eigenvalue weighted by atomic mass is 19.4. The molecule has 1 atom stereocenters. The van der Waals surface area contributed by atoms with Gasteiger partial charge in [-0.1, -0.05) is 0 Å². The van der Waals surface area contributed by atoms with Crippen LogP contribution in [0.1, 0.15) is 6.92 Å². The zero-order valence-corrected chi connectivity index (χ0v) is 5.85. The molecule has 12 heavy (non-hydrogen) atoms. The summed E-state index contributed by atoms with van der Waals surface area (Å²) in [6, 6.07) is 0. The molecule has 0 aromatic rings. The Balaban J connectivity index is 2.93. The van der Waals surface area contributed by atoms with Crippen LogP contribution < -0.4 is 0 Å². The molecule has 0 fully saturated rings. The topological polar surface area (TPSA) is 0 Å². The normalized spacial score (nSPS) is 30.0. The lowest BCUT2D eigenvalue weighted by Crippen LogP contribution is -2.14. The minimum absolute atomic E-state index is 0.483. The van der Waals surface area contributed by atoms with Gasteiger partial charge in [0.1, 0.15) is 0 Å². The fourth-order valence-corrected chi connectivity index (χ4v) is 1.11. The molecule has 6 heteroatoms. The van der Waals surface area contributed by atoms with E-state index in [0.717, 1.165) is 0 Å². The Hall–Kier alpha value is -0.680. The third-order valence-electron chi connectivity index (χ3n) is 1.68. The minimum atomic E-state index is -4.98. The zero-order chi connectivity index (χ0) is 9.73. The smallest absolute Gasteiger partial charge is 0.234 e. The van der Waals surface area contributed by atoms with E-state index in [1.54, 1.807) is 0 Å². The Kier molecular flexibility index (Phi) is 1.70. The minimum Gasteiger partial charge on any atom is -0.234 e. The van der Waals surface area contributed by atoms with E-state index >= 15 is 0 Å². The van der Waals surface area contributed by atoms with Crippen molar-refractivity contribution in [3.63, 3.8) is 0 Å². The predicted octanol–water partition coefficient (Wildman–Crippen LogP) is 2.85. The van der Waals surface area contributed by atoms with Crippen LogP contribution in [0.5, 0.6) is 0 Å². The summed E-state index contributed by atoms with van der Waals surface area (Å²) in [5, 5.41) is 0. The third kappa shape index (κ3) is 1.19. The van der Waals surface area contributed by atoms with Crippen LogP contribution in [0.25, 0.3) is 0 Å². The van der Waals surface area contributed by atoms with E-state index in [0.29, 0.717) is 6.92 Å². The molecule has 1 aliphatic carbocycles. The number of hydrogen-bond donors (Lipinski definition) is 0. The summed E-state index contributed by atoms with van der Waals surface area (Å²) in [6.07, 6.45) is -8.34. The highest BCUT2D eigenvalue weighted by Crippen LogP contribution is 2.57. The molecular formula is C6H4F6. The fraction of sp³-hybridized carbons (Fsp3) is 0.667. The van der Waals surface area contributed by atoms with Gasteiger partial charge in [-0.25, -0.2) is 13.2 Å². The molecular weight excluding hydrogens is 186 g/mol. The highest BCUT2D eigenvalue weighted by molar-refractivity contribution is 5.55. The summed E-state index contributed by atoms with van der Waals surface area (Å²) >= 11 is 0. The molecule has 0 radical (unpaired) electrons. The average Bonchev–Trinajstić information content (AvgIpc) is 2.31. The summed E-state index contributed by atoms with van der Waals surface area (Å²) in [5.74, 6) is 0. The quantitative estimate of drug-likeness (QED) is 0.440. The van der Waals surface area contributed by atoms with E-state index in [2.05, 4.69) is 0 Å². The van der Waals surface area contributed by atoms with Gasteiger partial charge >= 0.3 is 6.18 Å². The summed E-state index contributed by atoms with van der Waals surface area (Å²) in [4.78, 5) is 0. The van der Waals surface area contributed by atoms with Crippen molar-refractivity contribution >= 4 is 0 Å². The van der Waals surface area contributed by atoms with Gasteiger partial charge in [-0.15, -0.1) is 0 Å². The largest absolute Gasteiger partial charge is 0.416 e. The first-order chi connectivity index (χ1) is 5.19. The van der Waals surface area contributed by atoms with Crippen LogP contribution in [0.15, 0.2) is 11.1 Å². The number of halogens is 6. The molecule has 0 amide bonds. The van der Waals surface area contributed by atoms with E-state index in [9.17, 15) is 26.3 Å². The van der Waals surface area contributed by atoms with E-state index in [1.165, 1.54) is 0 Å². The molecule has 0 spiro atoms. The van der Waals surface area contributed by atoms with Crippen LogP contribution >= 0.6 is 0 Å². The van der Waals surface area contributed by atoms with Gasteiger partial charge in [-0.3, -0.25) is 0 Å². The van der Waals surface area contributed by atoms with Gasteiger partial charge in [0.05, 0.1) is 5.57 Å². The second-order valence-corrected chi connectivity index (χ2v) is 2.59. The molecule has 0 nitrogen and oxygen atoms in total. The van der Waals surface area contributed by atoms with Crippen molar-refractivity contribution in [2.24, 2.45) is 0 Å². The molecule has 0 saturated carbocycles. The molecule has 0 aromatic carbocycles. The average molecular weight is 190 g/mol. The first-order valence-corrected chi connectivity index (χ1v) is 2.98. The Morgan fingerprint density at radius 1 is 1.25 bits per heavy atom. The van der Waals surface area contributed by atoms with Gasteiger partial charge in [0.2, 0.25) is 0 Å². The second kappa shape index (κ2) is 2.17. The van der Waals surface area contributed by atoms with Crippen LogP contribution in [-0.4, -0.2) is 18.3 Å². The lowest BCUT2D eigenvalue weighted by molar-refractivity contribution is -0.0941. The maximum Gasteiger partial charge on any atom is 0.416 e. The summed E-state index contributed by atoms with van der Waals surface area (Å²) in [6.45, 7) is 0.483. The number of alkyl halides is 6. The van der Waals surface area contributed by atoms with E-state index in [1.807, 2.05) is 0 Å². The molecule has 0 bridgehead atoms. The van der Waals surface area contributed by atoms with Crippen LogP contribution in [-0.2, 0) is 0 Å². The number of rotatable bonds is 1. The zero-order valence-electron chi connectivity index (χ0n) is 5.85. The third-order valence-corrected chi connectivity index (χ3v) is 1.68. The van der Waals surface area contributed by atoms with E-state index < -0.39 is 29.4 Å². The Morgan fingerprint density at radius 2 is 1.67 bits per heavy atom. The summed E-state index contributed by atoms with van der Waals surface area (Å²) in [7, 11) is 0. The number of allylic oxidation sites excluding steroid dienone is 2. The monoisotopic (exact) mass is 190 g/mol. The van der Waals surface area contributed by atoms with Crippen molar-refractivity contribution in [2.45, 2.75) is 25.2 Å². The van der Waals surface area contributed by atoms with Gasteiger partial charge in [0.25, 0.3) is 6.43 Å². The van der Waals surface area contributed by atoms with Gasteiger partial charge in [0.15, 0.2) is 5.67 Å². The molecule has 0 saturated heterocycles. The standard InChI is InChI=1S/C6H4F6/c1-5(9)2(4(7)8)3(5)6(10,11)12/h4H,1H3. The molecule has 0 aromatic heterocycles. The van der Waals surface area contributed by atoms with Crippen molar-refractivity contribution in [3.8, 4) is 0 Å². The van der Waals surface area contributed by atoms with Crippen LogP contribution in [0.3, 0.4) is 0 Å². The molecule has 1 aliphatic rings. The Labute approximate surface area is 63.9 Å². The fourth-order valence-electron chi connectivity index (χ4n) is 1.11. The maximum absolute atomic E-state index is 12.6. The van der Waals surface area contributed by atoms with Crippen molar-refractivity contribution < 1.29 is 26.3 Å². The van der Waals surface area contributed by atoms with E-state index in [4.69, 9.17) is 0 Å². The molecule has 0 aliphatic heterocycles. The Morgan fingerprint density at radius 3 is 1.75 bits per heavy atom. The molecule has 0 heterocycles. The van der Waals surface area contributed by atoms with E-state index in [-0.39, 0.29) is 0 Å². The van der Waals surface area contributed by atoms with Crippen LogP contribution in [0, 0.1) is 0 Å². The van der Waals surface area contributed by atoms with Gasteiger partial charge in [-0.2, -0.15) is 13.2 Å². The molecule has 1 rings (SSSR count). The number of hydrogen-bond acceptors (Lipinski definition) is 0. The molecule has 1 unspecified atom stereocenters. The first-order valence-electron chi connectivity index (χ1n) is 2.98. The second-order valence-electron chi connectivity index (χ2n) is 2.59. The Bertz CT molecular complexity index is 233. The van der Waals surface area contributed by atoms with Gasteiger partial charge in [-0.05, 0) is 6.92 Å². The van der Waals surface area contributed by atoms with Gasteiger partial charge < -0.3 is 0 Å². The molecule has 70 valence electrons. The van der Waals surface area contributed by atoms with Crippen LogP contribution in [0.2, 0.25) is 0 Å². The highest BCUT2D eigenvalue weighted by Gasteiger charge is 2.65. The summed E-state index contributed by atoms with van der Waals surface area (Å²) < 4.78 is 71.1. The van der Waals surface area contributed by atoms with Crippen molar-refractivity contribution in [2.75, 3.05) is 0 Å². The lowest BCUT2D eigenvalue weighted by Gasteiger charge is -2.03. The molecule has 0 N–H and O–H groups in total. The summed E-state index contributed by atoms with van der Waals surface area (Å²) in [5.41, 5.74) is -6.12. The van der Waals surface area contributed by atoms with Gasteiger partial charge in [0, 0.05) is 5.57 Å².